The molecule has 3 N–H and O–H groups in total. The Balaban J connectivity index is 3.18. The van der Waals surface area contributed by atoms with Crippen LogP contribution in [0.4, 0.5) is 10.1 Å². The quantitative estimate of drug-likeness (QED) is 0.812. The molecular formula is C11H17FN2O2S. The fourth-order valence-corrected chi connectivity index (χ4v) is 2.86. The van der Waals surface area contributed by atoms with Gasteiger partial charge >= 0.3 is 0 Å². The highest BCUT2D eigenvalue weighted by atomic mass is 32.2. The highest BCUT2D eigenvalue weighted by Crippen LogP contribution is 2.21. The second-order valence-corrected chi connectivity index (χ2v) is 6.18. The molecule has 0 aliphatic carbocycles. The molecule has 0 spiro atoms. The van der Waals surface area contributed by atoms with Crippen LogP contribution in [0.25, 0.3) is 0 Å². The second kappa shape index (κ2) is 4.62. The molecule has 0 amide bonds. The van der Waals surface area contributed by atoms with Gasteiger partial charge in [-0.15, -0.1) is 0 Å². The molecule has 0 atom stereocenters. The third kappa shape index (κ3) is 3.41. The number of benzene rings is 1. The molecule has 0 radical (unpaired) electrons. The van der Waals surface area contributed by atoms with Crippen LogP contribution in [0.3, 0.4) is 0 Å². The lowest BCUT2D eigenvalue weighted by Crippen LogP contribution is -2.42. The molecule has 17 heavy (non-hydrogen) atoms. The lowest BCUT2D eigenvalue weighted by molar-refractivity contribution is 0.439. The van der Waals surface area contributed by atoms with Crippen LogP contribution in [-0.2, 0) is 10.0 Å². The topological polar surface area (TPSA) is 72.2 Å². The molecule has 0 fully saturated rings. The van der Waals surface area contributed by atoms with Gasteiger partial charge < -0.3 is 5.73 Å². The minimum Gasteiger partial charge on any atom is -0.398 e. The van der Waals surface area contributed by atoms with Gasteiger partial charge in [0.05, 0.1) is 5.69 Å². The van der Waals surface area contributed by atoms with E-state index in [1.807, 2.05) is 6.92 Å². The van der Waals surface area contributed by atoms with E-state index in [-0.39, 0.29) is 10.6 Å². The van der Waals surface area contributed by atoms with E-state index in [2.05, 4.69) is 4.72 Å². The van der Waals surface area contributed by atoms with Crippen molar-refractivity contribution in [2.45, 2.75) is 37.6 Å². The zero-order valence-corrected chi connectivity index (χ0v) is 10.9. The van der Waals surface area contributed by atoms with Crippen LogP contribution in [0.1, 0.15) is 27.2 Å². The third-order valence-corrected chi connectivity index (χ3v) is 4.31. The van der Waals surface area contributed by atoms with E-state index in [1.165, 1.54) is 6.07 Å². The first-order valence-electron chi connectivity index (χ1n) is 5.27. The Morgan fingerprint density at radius 1 is 1.41 bits per heavy atom. The third-order valence-electron chi connectivity index (χ3n) is 2.56. The summed E-state index contributed by atoms with van der Waals surface area (Å²) in [4.78, 5) is -0.223. The van der Waals surface area contributed by atoms with Gasteiger partial charge in [0.15, 0.2) is 0 Å². The van der Waals surface area contributed by atoms with Crippen molar-refractivity contribution in [3.05, 3.63) is 24.0 Å². The summed E-state index contributed by atoms with van der Waals surface area (Å²) in [6.07, 6.45) is 0.613. The van der Waals surface area contributed by atoms with E-state index in [4.69, 9.17) is 5.73 Å². The Bertz CT molecular complexity index is 512. The van der Waals surface area contributed by atoms with E-state index in [1.54, 1.807) is 13.8 Å². The largest absolute Gasteiger partial charge is 0.398 e. The molecule has 0 saturated heterocycles. The summed E-state index contributed by atoms with van der Waals surface area (Å²) in [5.74, 6) is -0.631. The van der Waals surface area contributed by atoms with E-state index in [9.17, 15) is 12.8 Å². The fourth-order valence-electron chi connectivity index (χ4n) is 1.23. The second-order valence-electron chi connectivity index (χ2n) is 4.53. The number of halogens is 1. The predicted octanol–water partition coefficient (Wildman–Crippen LogP) is 1.87. The SMILES string of the molecule is CCC(C)(C)NS(=O)(=O)c1cc(F)ccc1N. The zero-order chi connectivity index (χ0) is 13.3. The molecule has 1 aromatic carbocycles. The Kier molecular flexibility index (Phi) is 3.78. The molecule has 0 unspecified atom stereocenters. The monoisotopic (exact) mass is 260 g/mol. The Morgan fingerprint density at radius 2 is 2.00 bits per heavy atom. The number of nitrogen functional groups attached to an aromatic ring is 1. The summed E-state index contributed by atoms with van der Waals surface area (Å²) in [5, 5.41) is 0. The van der Waals surface area contributed by atoms with Gasteiger partial charge in [-0.2, -0.15) is 0 Å². The van der Waals surface area contributed by atoms with Crippen LogP contribution in [0.2, 0.25) is 0 Å². The summed E-state index contributed by atoms with van der Waals surface area (Å²) in [6, 6.07) is 3.28. The maximum Gasteiger partial charge on any atom is 0.243 e. The van der Waals surface area contributed by atoms with Crippen molar-refractivity contribution in [2.24, 2.45) is 0 Å². The van der Waals surface area contributed by atoms with Crippen molar-refractivity contribution in [1.82, 2.24) is 4.72 Å². The highest BCUT2D eigenvalue weighted by Gasteiger charge is 2.26. The maximum atomic E-state index is 13.0. The maximum absolute atomic E-state index is 13.0. The summed E-state index contributed by atoms with van der Waals surface area (Å²) < 4.78 is 39.6. The van der Waals surface area contributed by atoms with E-state index in [0.717, 1.165) is 12.1 Å². The zero-order valence-electron chi connectivity index (χ0n) is 10.1. The molecule has 0 aliphatic rings. The van der Waals surface area contributed by atoms with Crippen molar-refractivity contribution < 1.29 is 12.8 Å². The van der Waals surface area contributed by atoms with Gasteiger partial charge in [0.2, 0.25) is 10.0 Å². The first-order chi connectivity index (χ1) is 7.68. The molecule has 0 aromatic heterocycles. The molecule has 1 rings (SSSR count). The molecule has 1 aromatic rings. The predicted molar refractivity (Wildman–Crippen MR) is 65.5 cm³/mol. The van der Waals surface area contributed by atoms with Crippen LogP contribution in [0.5, 0.6) is 0 Å². The summed E-state index contributed by atoms with van der Waals surface area (Å²) in [5.41, 5.74) is 4.98. The molecule has 0 heterocycles. The number of nitrogens with two attached hydrogens (primary N) is 1. The lowest BCUT2D eigenvalue weighted by Gasteiger charge is -2.24. The average Bonchev–Trinajstić information content (AvgIpc) is 2.20. The van der Waals surface area contributed by atoms with Gasteiger partial charge in [-0.1, -0.05) is 6.92 Å². The Morgan fingerprint density at radius 3 is 2.53 bits per heavy atom. The molecule has 0 aliphatic heterocycles. The highest BCUT2D eigenvalue weighted by molar-refractivity contribution is 7.89. The van der Waals surface area contributed by atoms with Crippen LogP contribution in [0.15, 0.2) is 23.1 Å². The number of sulfonamides is 1. The van der Waals surface area contributed by atoms with Gasteiger partial charge in [0.25, 0.3) is 0 Å². The fraction of sp³-hybridized carbons (Fsp3) is 0.455. The number of rotatable bonds is 4. The van der Waals surface area contributed by atoms with Gasteiger partial charge in [-0.25, -0.2) is 17.5 Å². The van der Waals surface area contributed by atoms with E-state index in [0.29, 0.717) is 6.42 Å². The van der Waals surface area contributed by atoms with Crippen molar-refractivity contribution in [3.63, 3.8) is 0 Å². The normalized spacial score (nSPS) is 12.7. The minimum absolute atomic E-state index is 0.0332. The Hall–Kier alpha value is -1.14. The molecular weight excluding hydrogens is 243 g/mol. The molecule has 4 nitrogen and oxygen atoms in total. The lowest BCUT2D eigenvalue weighted by atomic mass is 10.0. The van der Waals surface area contributed by atoms with E-state index >= 15 is 0 Å². The molecule has 96 valence electrons. The van der Waals surface area contributed by atoms with E-state index < -0.39 is 21.4 Å². The number of hydrogen-bond acceptors (Lipinski definition) is 3. The smallest absolute Gasteiger partial charge is 0.243 e. The van der Waals surface area contributed by atoms with Crippen molar-refractivity contribution in [2.75, 3.05) is 5.73 Å². The standard InChI is InChI=1S/C11H17FN2O2S/c1-4-11(2,3)14-17(15,16)10-7-8(12)5-6-9(10)13/h5-7,14H,4,13H2,1-3H3. The average molecular weight is 260 g/mol. The molecule has 0 saturated carbocycles. The van der Waals surface area contributed by atoms with Crippen molar-refractivity contribution >= 4 is 15.7 Å². The first-order valence-corrected chi connectivity index (χ1v) is 6.75. The van der Waals surface area contributed by atoms with Gasteiger partial charge in [-0.05, 0) is 38.5 Å². The van der Waals surface area contributed by atoms with Crippen molar-refractivity contribution in [3.8, 4) is 0 Å². The number of nitrogens with one attached hydrogen (secondary N) is 1. The summed E-state index contributed by atoms with van der Waals surface area (Å²) in [7, 11) is -3.80. The summed E-state index contributed by atoms with van der Waals surface area (Å²) >= 11 is 0. The van der Waals surface area contributed by atoms with Gasteiger partial charge in [0, 0.05) is 5.54 Å². The first kappa shape index (κ1) is 13.9. The Labute approximate surface area is 101 Å². The minimum atomic E-state index is -3.80. The molecule has 6 heteroatoms. The van der Waals surface area contributed by atoms with Gasteiger partial charge in [0.1, 0.15) is 10.7 Å². The van der Waals surface area contributed by atoms with Crippen LogP contribution in [-0.4, -0.2) is 14.0 Å². The summed E-state index contributed by atoms with van der Waals surface area (Å²) in [6.45, 7) is 5.36. The number of hydrogen-bond donors (Lipinski definition) is 2. The van der Waals surface area contributed by atoms with Gasteiger partial charge in [-0.3, -0.25) is 0 Å². The van der Waals surface area contributed by atoms with Crippen LogP contribution in [0, 0.1) is 5.82 Å². The number of anilines is 1. The van der Waals surface area contributed by atoms with Crippen molar-refractivity contribution in [1.29, 1.82) is 0 Å². The molecule has 0 bridgehead atoms. The van der Waals surface area contributed by atoms with Crippen LogP contribution < -0.4 is 10.5 Å². The van der Waals surface area contributed by atoms with Crippen LogP contribution >= 0.6 is 0 Å².